The fourth-order valence-electron chi connectivity index (χ4n) is 0.895. The van der Waals surface area contributed by atoms with Crippen LogP contribution in [0.3, 0.4) is 0 Å². The molecule has 0 amide bonds. The molecule has 0 bridgehead atoms. The average Bonchev–Trinajstić information content (AvgIpc) is 2.27. The lowest BCUT2D eigenvalue weighted by atomic mass is 10.3. The first kappa shape index (κ1) is 6.39. The van der Waals surface area contributed by atoms with Crippen LogP contribution in [-0.4, -0.2) is 6.54 Å². The summed E-state index contributed by atoms with van der Waals surface area (Å²) in [6.07, 6.45) is 0. The molecule has 1 heterocycles. The van der Waals surface area contributed by atoms with Crippen LogP contribution in [0.1, 0.15) is 0 Å². The van der Waals surface area contributed by atoms with Crippen LogP contribution < -0.4 is 9.47 Å². The number of rotatable bonds is 0. The van der Waals surface area contributed by atoms with Crippen LogP contribution in [0.15, 0.2) is 18.2 Å². The molecule has 1 aromatic carbocycles. The molecule has 1 aliphatic rings. The number of halogens is 2. The first-order chi connectivity index (χ1) is 5.25. The summed E-state index contributed by atoms with van der Waals surface area (Å²) in [6.45, 7) is -1.80. The van der Waals surface area contributed by atoms with Crippen LogP contribution in [0.2, 0.25) is 0 Å². The fourth-order valence-corrected chi connectivity index (χ4v) is 0.895. The zero-order valence-electron chi connectivity index (χ0n) is 5.38. The smallest absolute Gasteiger partial charge is 0.397 e. The molecule has 58 valence electrons. The topological polar surface area (TPSA) is 18.5 Å². The summed E-state index contributed by atoms with van der Waals surface area (Å²) < 4.78 is 33.7. The van der Waals surface area contributed by atoms with Crippen molar-refractivity contribution in [2.45, 2.75) is 6.54 Å². The van der Waals surface area contributed by atoms with E-state index in [1.807, 2.05) is 0 Å². The number of alkyl halides is 1. The van der Waals surface area contributed by atoms with Crippen molar-refractivity contribution in [1.82, 2.24) is 0 Å². The predicted molar refractivity (Wildman–Crippen MR) is 32.6 cm³/mol. The minimum absolute atomic E-state index is 0.109. The van der Waals surface area contributed by atoms with Gasteiger partial charge < -0.3 is 9.47 Å². The monoisotopic (exact) mass is 158 g/mol. The zero-order chi connectivity index (χ0) is 7.84. The second-order valence-electron chi connectivity index (χ2n) is 2.10. The van der Waals surface area contributed by atoms with Crippen molar-refractivity contribution < 1.29 is 18.3 Å². The van der Waals surface area contributed by atoms with Gasteiger partial charge in [0.25, 0.3) is 0 Å². The first-order valence-corrected chi connectivity index (χ1v) is 3.02. The molecule has 0 aromatic heterocycles. The van der Waals surface area contributed by atoms with E-state index in [1.54, 1.807) is 0 Å². The van der Waals surface area contributed by atoms with Gasteiger partial charge in [0, 0.05) is 6.07 Å². The maximum absolute atomic E-state index is 12.4. The molecule has 0 aliphatic carbocycles. The van der Waals surface area contributed by atoms with Gasteiger partial charge in [0.15, 0.2) is 11.5 Å². The Hall–Kier alpha value is -1.32. The van der Waals surface area contributed by atoms with Crippen molar-refractivity contribution in [1.29, 1.82) is 0 Å². The summed E-state index contributed by atoms with van der Waals surface area (Å²) in [6, 6.07) is 3.58. The Balaban J connectivity index is 2.43. The van der Waals surface area contributed by atoms with E-state index in [0.29, 0.717) is 0 Å². The minimum atomic E-state index is -1.80. The molecule has 1 aromatic rings. The summed E-state index contributed by atoms with van der Waals surface area (Å²) in [5.74, 6) is -0.127. The zero-order valence-corrected chi connectivity index (χ0v) is 5.38. The number of fused-ring (bicyclic) bond motifs is 1. The van der Waals surface area contributed by atoms with E-state index in [4.69, 9.17) is 0 Å². The highest BCUT2D eigenvalue weighted by atomic mass is 19.2. The first-order valence-electron chi connectivity index (χ1n) is 3.02. The van der Waals surface area contributed by atoms with Gasteiger partial charge in [-0.05, 0) is 12.1 Å². The van der Waals surface area contributed by atoms with Gasteiger partial charge in [0.1, 0.15) is 5.82 Å². The normalized spacial score (nSPS) is 20.4. The van der Waals surface area contributed by atoms with E-state index in [0.717, 1.165) is 6.07 Å². The highest BCUT2D eigenvalue weighted by Gasteiger charge is 2.23. The lowest BCUT2D eigenvalue weighted by Gasteiger charge is -1.94. The van der Waals surface area contributed by atoms with E-state index in [2.05, 4.69) is 9.47 Å². The third kappa shape index (κ3) is 1.00. The Morgan fingerprint density at radius 1 is 1.18 bits per heavy atom. The van der Waals surface area contributed by atoms with E-state index < -0.39 is 12.4 Å². The molecular weight excluding hydrogens is 154 g/mol. The largest absolute Gasteiger partial charge is 0.425 e. The number of hydrogen-bond donors (Lipinski definition) is 0. The quantitative estimate of drug-likeness (QED) is 0.573. The maximum atomic E-state index is 12.4. The molecule has 0 spiro atoms. The second-order valence-corrected chi connectivity index (χ2v) is 2.10. The second kappa shape index (κ2) is 2.08. The molecule has 1 atom stereocenters. The van der Waals surface area contributed by atoms with Crippen LogP contribution in [-0.2, 0) is 0 Å². The highest BCUT2D eigenvalue weighted by Crippen LogP contribution is 2.34. The Morgan fingerprint density at radius 3 is 2.73 bits per heavy atom. The average molecular weight is 158 g/mol. The van der Waals surface area contributed by atoms with E-state index in [1.165, 1.54) is 12.1 Å². The van der Waals surface area contributed by atoms with E-state index in [-0.39, 0.29) is 11.5 Å². The molecule has 0 saturated heterocycles. The number of ether oxygens (including phenoxy) is 2. The molecule has 0 radical (unpaired) electrons. The molecule has 0 saturated carbocycles. The van der Waals surface area contributed by atoms with Crippen molar-refractivity contribution in [2.24, 2.45) is 0 Å². The standard InChI is InChI=1S/C7H4F2O2/c8-4-1-2-5-6(3-4)11-7(9)10-5/h1-3,7H. The van der Waals surface area contributed by atoms with Crippen LogP contribution in [0.4, 0.5) is 8.78 Å². The molecule has 0 fully saturated rings. The van der Waals surface area contributed by atoms with Crippen molar-refractivity contribution in [2.75, 3.05) is 0 Å². The third-order valence-corrected chi connectivity index (χ3v) is 1.35. The molecule has 0 N–H and O–H groups in total. The van der Waals surface area contributed by atoms with Crippen molar-refractivity contribution >= 4 is 0 Å². The Kier molecular flexibility index (Phi) is 1.21. The highest BCUT2D eigenvalue weighted by molar-refractivity contribution is 5.41. The van der Waals surface area contributed by atoms with Gasteiger partial charge in [0.05, 0.1) is 0 Å². The van der Waals surface area contributed by atoms with E-state index in [9.17, 15) is 8.78 Å². The van der Waals surface area contributed by atoms with Crippen molar-refractivity contribution in [3.63, 3.8) is 0 Å². The summed E-state index contributed by atoms with van der Waals surface area (Å²) in [4.78, 5) is 0. The fraction of sp³-hybridized carbons (Fsp3) is 0.143. The predicted octanol–water partition coefficient (Wildman–Crippen LogP) is 1.85. The molecule has 1 unspecified atom stereocenters. The summed E-state index contributed by atoms with van der Waals surface area (Å²) in [5.41, 5.74) is 0. The van der Waals surface area contributed by atoms with Gasteiger partial charge in [-0.25, -0.2) is 4.39 Å². The van der Waals surface area contributed by atoms with Crippen LogP contribution in [0.5, 0.6) is 11.5 Å². The Bertz CT molecular complexity index is 288. The lowest BCUT2D eigenvalue weighted by molar-refractivity contribution is -0.0652. The van der Waals surface area contributed by atoms with Gasteiger partial charge in [-0.1, -0.05) is 0 Å². The number of benzene rings is 1. The van der Waals surface area contributed by atoms with Crippen LogP contribution in [0, 0.1) is 5.82 Å². The van der Waals surface area contributed by atoms with Crippen molar-refractivity contribution in [3.8, 4) is 11.5 Å². The SMILES string of the molecule is Fc1ccc2c(c1)OC(F)O2. The minimum Gasteiger partial charge on any atom is -0.425 e. The maximum Gasteiger partial charge on any atom is 0.397 e. The van der Waals surface area contributed by atoms with Crippen molar-refractivity contribution in [3.05, 3.63) is 24.0 Å². The summed E-state index contributed by atoms with van der Waals surface area (Å²) in [7, 11) is 0. The van der Waals surface area contributed by atoms with Crippen LogP contribution >= 0.6 is 0 Å². The number of hydrogen-bond acceptors (Lipinski definition) is 2. The van der Waals surface area contributed by atoms with Gasteiger partial charge in [0.2, 0.25) is 0 Å². The summed E-state index contributed by atoms with van der Waals surface area (Å²) >= 11 is 0. The van der Waals surface area contributed by atoms with Crippen LogP contribution in [0.25, 0.3) is 0 Å². The molecule has 1 aliphatic heterocycles. The lowest BCUT2D eigenvalue weighted by Crippen LogP contribution is -2.09. The molecule has 2 nitrogen and oxygen atoms in total. The Morgan fingerprint density at radius 2 is 1.91 bits per heavy atom. The molecule has 11 heavy (non-hydrogen) atoms. The van der Waals surface area contributed by atoms with Gasteiger partial charge in [-0.2, -0.15) is 4.39 Å². The third-order valence-electron chi connectivity index (χ3n) is 1.35. The Labute approximate surface area is 61.3 Å². The van der Waals surface area contributed by atoms with E-state index >= 15 is 0 Å². The van der Waals surface area contributed by atoms with Gasteiger partial charge in [-0.15, -0.1) is 0 Å². The molecule has 2 rings (SSSR count). The molecule has 4 heteroatoms. The van der Waals surface area contributed by atoms with Gasteiger partial charge >= 0.3 is 6.54 Å². The summed E-state index contributed by atoms with van der Waals surface area (Å²) in [5, 5.41) is 0. The van der Waals surface area contributed by atoms with Gasteiger partial charge in [-0.3, -0.25) is 0 Å². The molecular formula is C7H4F2O2.